The first-order valence-corrected chi connectivity index (χ1v) is 10.6. The van der Waals surface area contributed by atoms with Crippen LogP contribution in [-0.2, 0) is 4.79 Å². The SMILES string of the molecule is CCNC(=NCC(C(C)C)N1CCCCCC1)N1CCN(C(C)=O)CC1.I. The monoisotopic (exact) mass is 493 g/mol. The standard InChI is InChI=1S/C20H39N5O.HI/c1-5-21-20(25-14-12-23(13-15-25)18(4)26)22-16-19(17(2)3)24-10-8-6-7-9-11-24;/h17,19H,5-16H2,1-4H3,(H,21,22);1H. The number of halogens is 1. The van der Waals surface area contributed by atoms with Crippen molar-refractivity contribution in [2.45, 2.75) is 59.4 Å². The second-order valence-corrected chi connectivity index (χ2v) is 7.95. The third-order valence-electron chi connectivity index (χ3n) is 5.67. The number of amides is 1. The zero-order chi connectivity index (χ0) is 18.9. The molecule has 7 heteroatoms. The Hall–Kier alpha value is -0.570. The Kier molecular flexibility index (Phi) is 11.6. The number of guanidine groups is 1. The van der Waals surface area contributed by atoms with E-state index in [0.29, 0.717) is 12.0 Å². The highest BCUT2D eigenvalue weighted by Crippen LogP contribution is 2.18. The van der Waals surface area contributed by atoms with E-state index in [4.69, 9.17) is 4.99 Å². The van der Waals surface area contributed by atoms with Gasteiger partial charge in [-0.25, -0.2) is 0 Å². The van der Waals surface area contributed by atoms with Gasteiger partial charge in [-0.3, -0.25) is 14.7 Å². The lowest BCUT2D eigenvalue weighted by atomic mass is 10.0. The third-order valence-corrected chi connectivity index (χ3v) is 5.67. The fourth-order valence-electron chi connectivity index (χ4n) is 4.01. The van der Waals surface area contributed by atoms with E-state index >= 15 is 0 Å². The summed E-state index contributed by atoms with van der Waals surface area (Å²) in [5, 5.41) is 3.46. The molecule has 2 saturated heterocycles. The number of nitrogens with zero attached hydrogens (tertiary/aromatic N) is 4. The minimum absolute atomic E-state index is 0. The molecule has 0 aromatic carbocycles. The molecule has 2 rings (SSSR count). The molecule has 0 spiro atoms. The van der Waals surface area contributed by atoms with Gasteiger partial charge in [0, 0.05) is 45.7 Å². The van der Waals surface area contributed by atoms with Gasteiger partial charge in [-0.15, -0.1) is 24.0 Å². The maximum absolute atomic E-state index is 11.6. The molecule has 2 heterocycles. The molecule has 0 aromatic rings. The lowest BCUT2D eigenvalue weighted by Crippen LogP contribution is -2.53. The Morgan fingerprint density at radius 2 is 1.52 bits per heavy atom. The van der Waals surface area contributed by atoms with Crippen molar-refractivity contribution in [3.05, 3.63) is 0 Å². The summed E-state index contributed by atoms with van der Waals surface area (Å²) in [6, 6.07) is 0.514. The van der Waals surface area contributed by atoms with Gasteiger partial charge in [0.15, 0.2) is 5.96 Å². The van der Waals surface area contributed by atoms with Crippen LogP contribution in [0, 0.1) is 5.92 Å². The fraction of sp³-hybridized carbons (Fsp3) is 0.900. The molecule has 0 bridgehead atoms. The van der Waals surface area contributed by atoms with E-state index in [1.165, 1.54) is 38.8 Å². The zero-order valence-electron chi connectivity index (χ0n) is 17.7. The van der Waals surface area contributed by atoms with E-state index in [1.807, 2.05) is 4.90 Å². The van der Waals surface area contributed by atoms with Crippen LogP contribution in [0.2, 0.25) is 0 Å². The lowest BCUT2D eigenvalue weighted by Gasteiger charge is -2.37. The van der Waals surface area contributed by atoms with Crippen LogP contribution in [0.15, 0.2) is 4.99 Å². The fourth-order valence-corrected chi connectivity index (χ4v) is 4.01. The van der Waals surface area contributed by atoms with Gasteiger partial charge in [-0.2, -0.15) is 0 Å². The Morgan fingerprint density at radius 1 is 0.963 bits per heavy atom. The van der Waals surface area contributed by atoms with Crippen molar-refractivity contribution >= 4 is 35.8 Å². The first-order chi connectivity index (χ1) is 12.5. The molecule has 0 aromatic heterocycles. The van der Waals surface area contributed by atoms with E-state index < -0.39 is 0 Å². The molecular weight excluding hydrogens is 453 g/mol. The highest BCUT2D eigenvalue weighted by Gasteiger charge is 2.24. The molecule has 2 fully saturated rings. The predicted molar refractivity (Wildman–Crippen MR) is 124 cm³/mol. The van der Waals surface area contributed by atoms with Crippen LogP contribution in [0.25, 0.3) is 0 Å². The molecule has 2 aliphatic rings. The summed E-state index contributed by atoms with van der Waals surface area (Å²) in [5.41, 5.74) is 0. The van der Waals surface area contributed by atoms with Gasteiger partial charge >= 0.3 is 0 Å². The van der Waals surface area contributed by atoms with Gasteiger partial charge in [0.1, 0.15) is 0 Å². The number of hydrogen-bond donors (Lipinski definition) is 1. The Bertz CT molecular complexity index is 455. The summed E-state index contributed by atoms with van der Waals surface area (Å²) in [6.07, 6.45) is 5.38. The van der Waals surface area contributed by atoms with Crippen molar-refractivity contribution in [1.29, 1.82) is 0 Å². The molecule has 1 amide bonds. The van der Waals surface area contributed by atoms with Crippen LogP contribution in [0.1, 0.15) is 53.4 Å². The van der Waals surface area contributed by atoms with Crippen LogP contribution in [0.5, 0.6) is 0 Å². The molecule has 1 N–H and O–H groups in total. The number of piperazine rings is 1. The van der Waals surface area contributed by atoms with E-state index in [1.54, 1.807) is 6.92 Å². The summed E-state index contributed by atoms with van der Waals surface area (Å²) < 4.78 is 0. The molecule has 1 atom stereocenters. The number of carbonyl (C=O) groups excluding carboxylic acids is 1. The number of rotatable bonds is 5. The number of hydrogen-bond acceptors (Lipinski definition) is 3. The normalized spacial score (nSPS) is 20.9. The summed E-state index contributed by atoms with van der Waals surface area (Å²) in [7, 11) is 0. The van der Waals surface area contributed by atoms with Crippen LogP contribution >= 0.6 is 24.0 Å². The van der Waals surface area contributed by atoms with E-state index in [0.717, 1.165) is 45.2 Å². The molecule has 0 saturated carbocycles. The molecule has 158 valence electrons. The Morgan fingerprint density at radius 3 is 2.00 bits per heavy atom. The van der Waals surface area contributed by atoms with Crippen molar-refractivity contribution in [3.63, 3.8) is 0 Å². The van der Waals surface area contributed by atoms with Crippen molar-refractivity contribution in [1.82, 2.24) is 20.0 Å². The summed E-state index contributed by atoms with van der Waals surface area (Å²) in [6.45, 7) is 15.9. The number of likely N-dealkylation sites (tertiary alicyclic amines) is 1. The second kappa shape index (κ2) is 12.8. The van der Waals surface area contributed by atoms with E-state index in [9.17, 15) is 4.79 Å². The minimum Gasteiger partial charge on any atom is -0.357 e. The van der Waals surface area contributed by atoms with Gasteiger partial charge in [0.25, 0.3) is 0 Å². The van der Waals surface area contributed by atoms with Crippen molar-refractivity contribution in [2.24, 2.45) is 10.9 Å². The van der Waals surface area contributed by atoms with E-state index in [2.05, 4.69) is 35.9 Å². The average Bonchev–Trinajstić information content (AvgIpc) is 2.90. The molecule has 0 aliphatic carbocycles. The highest BCUT2D eigenvalue weighted by atomic mass is 127. The molecule has 0 radical (unpaired) electrons. The minimum atomic E-state index is 0. The Labute approximate surface area is 183 Å². The van der Waals surface area contributed by atoms with Crippen LogP contribution < -0.4 is 5.32 Å². The average molecular weight is 493 g/mol. The number of nitrogens with one attached hydrogen (secondary N) is 1. The Balaban J connectivity index is 0.00000364. The first-order valence-electron chi connectivity index (χ1n) is 10.6. The van der Waals surface area contributed by atoms with Crippen LogP contribution in [0.3, 0.4) is 0 Å². The molecule has 2 aliphatic heterocycles. The van der Waals surface area contributed by atoms with Gasteiger partial charge in [-0.1, -0.05) is 26.7 Å². The quantitative estimate of drug-likeness (QED) is 0.364. The topological polar surface area (TPSA) is 51.2 Å². The van der Waals surface area contributed by atoms with Crippen molar-refractivity contribution in [3.8, 4) is 0 Å². The first kappa shape index (κ1) is 24.5. The van der Waals surface area contributed by atoms with Crippen molar-refractivity contribution in [2.75, 3.05) is 52.4 Å². The van der Waals surface area contributed by atoms with Crippen LogP contribution in [0.4, 0.5) is 0 Å². The summed E-state index contributed by atoms with van der Waals surface area (Å²) in [4.78, 5) is 23.5. The van der Waals surface area contributed by atoms with Gasteiger partial charge in [-0.05, 0) is 38.8 Å². The van der Waals surface area contributed by atoms with Gasteiger partial charge in [0.2, 0.25) is 5.91 Å². The predicted octanol–water partition coefficient (Wildman–Crippen LogP) is 2.63. The second-order valence-electron chi connectivity index (χ2n) is 7.95. The van der Waals surface area contributed by atoms with Gasteiger partial charge in [0.05, 0.1) is 6.54 Å². The lowest BCUT2D eigenvalue weighted by molar-refractivity contribution is -0.130. The number of aliphatic imine (C=N–C) groups is 1. The molecule has 6 nitrogen and oxygen atoms in total. The number of carbonyl (C=O) groups is 1. The summed E-state index contributed by atoms with van der Waals surface area (Å²) in [5.74, 6) is 1.79. The molecular formula is C20H40IN5O. The maximum Gasteiger partial charge on any atom is 0.219 e. The van der Waals surface area contributed by atoms with Gasteiger partial charge < -0.3 is 15.1 Å². The molecule has 27 heavy (non-hydrogen) atoms. The summed E-state index contributed by atoms with van der Waals surface area (Å²) >= 11 is 0. The van der Waals surface area contributed by atoms with Crippen molar-refractivity contribution < 1.29 is 4.79 Å². The van der Waals surface area contributed by atoms with E-state index in [-0.39, 0.29) is 29.9 Å². The van der Waals surface area contributed by atoms with Crippen LogP contribution in [-0.4, -0.2) is 85.0 Å². The highest BCUT2D eigenvalue weighted by molar-refractivity contribution is 14.0. The molecule has 1 unspecified atom stereocenters. The zero-order valence-corrected chi connectivity index (χ0v) is 20.1. The largest absolute Gasteiger partial charge is 0.357 e. The smallest absolute Gasteiger partial charge is 0.219 e. The maximum atomic E-state index is 11.6. The third kappa shape index (κ3) is 7.75.